The van der Waals surface area contributed by atoms with Gasteiger partial charge < -0.3 is 5.73 Å². The molecule has 2 N–H and O–H groups in total. The predicted molar refractivity (Wildman–Crippen MR) is 78.8 cm³/mol. The van der Waals surface area contributed by atoms with Crippen molar-refractivity contribution in [2.24, 2.45) is 11.7 Å². The normalized spacial score (nSPS) is 21.9. The molecule has 1 aromatic carbocycles. The van der Waals surface area contributed by atoms with Crippen molar-refractivity contribution in [2.75, 3.05) is 13.1 Å². The second-order valence-corrected chi connectivity index (χ2v) is 5.63. The van der Waals surface area contributed by atoms with Gasteiger partial charge in [0.2, 0.25) is 0 Å². The zero-order chi connectivity index (χ0) is 13.2. The van der Waals surface area contributed by atoms with E-state index < -0.39 is 0 Å². The number of hydrogen-bond acceptors (Lipinski definition) is 3. The molecule has 2 atom stereocenters. The van der Waals surface area contributed by atoms with Gasteiger partial charge in [0.1, 0.15) is 0 Å². The van der Waals surface area contributed by atoms with Crippen molar-refractivity contribution in [3.8, 4) is 0 Å². The molecule has 1 aromatic heterocycles. The largest absolute Gasteiger partial charge is 0.328 e. The summed E-state index contributed by atoms with van der Waals surface area (Å²) in [6.07, 6.45) is 3.14. The standard InChI is InChI=1S/C16H21N3/c1-12(17)13-7-9-19(10-13)11-14-6-8-18-16-5-3-2-4-15(14)16/h2-6,8,12-13H,7,9-11,17H2,1H3. The average Bonchev–Trinajstić information content (AvgIpc) is 2.88. The molecule has 2 unspecified atom stereocenters. The van der Waals surface area contributed by atoms with Gasteiger partial charge in [-0.3, -0.25) is 9.88 Å². The molecule has 0 radical (unpaired) electrons. The van der Waals surface area contributed by atoms with Gasteiger partial charge in [-0.05, 0) is 43.5 Å². The number of fused-ring (bicyclic) bond motifs is 1. The molecule has 1 saturated heterocycles. The van der Waals surface area contributed by atoms with Gasteiger partial charge in [0.05, 0.1) is 5.52 Å². The molecule has 3 rings (SSSR count). The number of hydrogen-bond donors (Lipinski definition) is 1. The third kappa shape index (κ3) is 2.62. The quantitative estimate of drug-likeness (QED) is 0.915. The molecule has 100 valence electrons. The average molecular weight is 255 g/mol. The molecule has 2 heterocycles. The second kappa shape index (κ2) is 5.27. The summed E-state index contributed by atoms with van der Waals surface area (Å²) in [5.41, 5.74) is 8.46. The molecule has 1 aliphatic heterocycles. The van der Waals surface area contributed by atoms with Crippen molar-refractivity contribution in [3.63, 3.8) is 0 Å². The maximum atomic E-state index is 6.01. The van der Waals surface area contributed by atoms with Crippen molar-refractivity contribution in [1.29, 1.82) is 0 Å². The highest BCUT2D eigenvalue weighted by atomic mass is 15.1. The minimum atomic E-state index is 0.305. The van der Waals surface area contributed by atoms with Crippen LogP contribution in [0.5, 0.6) is 0 Å². The molecular formula is C16H21N3. The molecule has 3 heteroatoms. The highest BCUT2D eigenvalue weighted by molar-refractivity contribution is 5.81. The van der Waals surface area contributed by atoms with Gasteiger partial charge >= 0.3 is 0 Å². The van der Waals surface area contributed by atoms with E-state index in [9.17, 15) is 0 Å². The number of likely N-dealkylation sites (tertiary alicyclic amines) is 1. The van der Waals surface area contributed by atoms with Gasteiger partial charge in [0.15, 0.2) is 0 Å². The van der Waals surface area contributed by atoms with Crippen LogP contribution in [0.2, 0.25) is 0 Å². The Morgan fingerprint density at radius 1 is 1.37 bits per heavy atom. The molecule has 0 amide bonds. The number of nitrogens with zero attached hydrogens (tertiary/aromatic N) is 2. The molecule has 2 aromatic rings. The summed E-state index contributed by atoms with van der Waals surface area (Å²) < 4.78 is 0. The van der Waals surface area contributed by atoms with E-state index in [4.69, 9.17) is 5.73 Å². The van der Waals surface area contributed by atoms with Crippen LogP contribution < -0.4 is 5.73 Å². The number of pyridine rings is 1. The van der Waals surface area contributed by atoms with Gasteiger partial charge in [0.25, 0.3) is 0 Å². The van der Waals surface area contributed by atoms with Gasteiger partial charge in [0, 0.05) is 30.7 Å². The van der Waals surface area contributed by atoms with Crippen LogP contribution >= 0.6 is 0 Å². The molecule has 3 nitrogen and oxygen atoms in total. The lowest BCUT2D eigenvalue weighted by Crippen LogP contribution is -2.29. The highest BCUT2D eigenvalue weighted by Gasteiger charge is 2.25. The Morgan fingerprint density at radius 3 is 3.00 bits per heavy atom. The van der Waals surface area contributed by atoms with Gasteiger partial charge in [-0.15, -0.1) is 0 Å². The summed E-state index contributed by atoms with van der Waals surface area (Å²) in [7, 11) is 0. The van der Waals surface area contributed by atoms with E-state index in [1.807, 2.05) is 12.3 Å². The topological polar surface area (TPSA) is 42.1 Å². The van der Waals surface area contributed by atoms with Crippen molar-refractivity contribution in [1.82, 2.24) is 9.88 Å². The lowest BCUT2D eigenvalue weighted by Gasteiger charge is -2.18. The van der Waals surface area contributed by atoms with Crippen LogP contribution in [0.15, 0.2) is 36.5 Å². The molecule has 0 spiro atoms. The number of para-hydroxylation sites is 1. The Balaban J connectivity index is 1.79. The first-order valence-corrected chi connectivity index (χ1v) is 7.04. The SMILES string of the molecule is CC(N)C1CCN(Cc2ccnc3ccccc23)C1. The number of aromatic nitrogens is 1. The first-order valence-electron chi connectivity index (χ1n) is 7.04. The third-order valence-corrected chi connectivity index (χ3v) is 4.19. The fourth-order valence-corrected chi connectivity index (χ4v) is 2.97. The maximum Gasteiger partial charge on any atom is 0.0705 e. The summed E-state index contributed by atoms with van der Waals surface area (Å²) in [5.74, 6) is 0.646. The first kappa shape index (κ1) is 12.6. The summed E-state index contributed by atoms with van der Waals surface area (Å²) in [5, 5.41) is 1.27. The fourth-order valence-electron chi connectivity index (χ4n) is 2.97. The maximum absolute atomic E-state index is 6.01. The minimum absolute atomic E-state index is 0.305. The zero-order valence-electron chi connectivity index (χ0n) is 11.4. The summed E-state index contributed by atoms with van der Waals surface area (Å²) in [4.78, 5) is 6.93. The highest BCUT2D eigenvalue weighted by Crippen LogP contribution is 2.23. The Kier molecular flexibility index (Phi) is 3.49. The zero-order valence-corrected chi connectivity index (χ0v) is 11.4. The van der Waals surface area contributed by atoms with Crippen molar-refractivity contribution in [2.45, 2.75) is 25.9 Å². The lowest BCUT2D eigenvalue weighted by atomic mass is 10.0. The van der Waals surface area contributed by atoms with E-state index in [-0.39, 0.29) is 0 Å². The van der Waals surface area contributed by atoms with Crippen LogP contribution in [0.25, 0.3) is 10.9 Å². The molecule has 0 aliphatic carbocycles. The molecule has 0 saturated carbocycles. The Labute approximate surface area is 114 Å². The van der Waals surface area contributed by atoms with Crippen LogP contribution in [0.4, 0.5) is 0 Å². The van der Waals surface area contributed by atoms with Crippen LogP contribution in [-0.2, 0) is 6.54 Å². The second-order valence-electron chi connectivity index (χ2n) is 5.63. The summed E-state index contributed by atoms with van der Waals surface area (Å²) >= 11 is 0. The Hall–Kier alpha value is -1.45. The van der Waals surface area contributed by atoms with Crippen LogP contribution in [0, 0.1) is 5.92 Å². The van der Waals surface area contributed by atoms with E-state index in [2.05, 4.69) is 41.1 Å². The monoisotopic (exact) mass is 255 g/mol. The van der Waals surface area contributed by atoms with Crippen LogP contribution in [0.1, 0.15) is 18.9 Å². The Bertz CT molecular complexity index is 559. The van der Waals surface area contributed by atoms with Crippen molar-refractivity contribution < 1.29 is 0 Å². The van der Waals surface area contributed by atoms with Crippen LogP contribution in [0.3, 0.4) is 0 Å². The summed E-state index contributed by atoms with van der Waals surface area (Å²) in [6.45, 7) is 5.40. The van der Waals surface area contributed by atoms with E-state index in [1.54, 1.807) is 0 Å². The van der Waals surface area contributed by atoms with E-state index >= 15 is 0 Å². The van der Waals surface area contributed by atoms with E-state index in [1.165, 1.54) is 17.4 Å². The van der Waals surface area contributed by atoms with Gasteiger partial charge in [-0.2, -0.15) is 0 Å². The third-order valence-electron chi connectivity index (χ3n) is 4.19. The number of rotatable bonds is 3. The smallest absolute Gasteiger partial charge is 0.0705 e. The lowest BCUT2D eigenvalue weighted by molar-refractivity contribution is 0.309. The van der Waals surface area contributed by atoms with Crippen molar-refractivity contribution >= 4 is 10.9 Å². The minimum Gasteiger partial charge on any atom is -0.328 e. The fraction of sp³-hybridized carbons (Fsp3) is 0.438. The van der Waals surface area contributed by atoms with E-state index in [0.717, 1.165) is 25.2 Å². The van der Waals surface area contributed by atoms with Gasteiger partial charge in [-0.1, -0.05) is 18.2 Å². The molecule has 0 bridgehead atoms. The predicted octanol–water partition coefficient (Wildman–Crippen LogP) is 2.40. The molecular weight excluding hydrogens is 234 g/mol. The molecule has 1 fully saturated rings. The molecule has 19 heavy (non-hydrogen) atoms. The first-order chi connectivity index (χ1) is 9.24. The Morgan fingerprint density at radius 2 is 2.21 bits per heavy atom. The molecule has 1 aliphatic rings. The number of nitrogens with two attached hydrogens (primary N) is 1. The van der Waals surface area contributed by atoms with Crippen molar-refractivity contribution in [3.05, 3.63) is 42.1 Å². The van der Waals surface area contributed by atoms with Crippen LogP contribution in [-0.4, -0.2) is 29.0 Å². The summed E-state index contributed by atoms with van der Waals surface area (Å²) in [6, 6.07) is 10.8. The number of benzene rings is 1. The van der Waals surface area contributed by atoms with Gasteiger partial charge in [-0.25, -0.2) is 0 Å². The van der Waals surface area contributed by atoms with E-state index in [0.29, 0.717) is 12.0 Å².